The lowest BCUT2D eigenvalue weighted by Gasteiger charge is -2.14. The summed E-state index contributed by atoms with van der Waals surface area (Å²) in [5.41, 5.74) is 1.80. The number of halogens is 5. The molecule has 5 nitrogen and oxygen atoms in total. The number of alkyl halides is 3. The van der Waals surface area contributed by atoms with Gasteiger partial charge < -0.3 is 9.47 Å². The van der Waals surface area contributed by atoms with Crippen LogP contribution in [0.25, 0.3) is 0 Å². The van der Waals surface area contributed by atoms with E-state index in [-0.39, 0.29) is 28.7 Å². The molecule has 178 valence electrons. The Kier molecular flexibility index (Phi) is 8.12. The van der Waals surface area contributed by atoms with Crippen LogP contribution in [0, 0.1) is 5.82 Å². The Hall–Kier alpha value is -3.59. The largest absolute Gasteiger partial charge is 0.490 e. The molecule has 0 bridgehead atoms. The van der Waals surface area contributed by atoms with Crippen LogP contribution >= 0.6 is 11.6 Å². The number of ether oxygens (including phenoxy) is 2. The molecule has 0 aromatic heterocycles. The van der Waals surface area contributed by atoms with E-state index < -0.39 is 23.5 Å². The Balaban J connectivity index is 1.73. The van der Waals surface area contributed by atoms with Gasteiger partial charge in [-0.1, -0.05) is 35.9 Å². The number of benzene rings is 3. The molecule has 0 unspecified atom stereocenters. The maximum absolute atomic E-state index is 13.9. The van der Waals surface area contributed by atoms with Crippen LogP contribution in [0.1, 0.15) is 34.0 Å². The Bertz CT molecular complexity index is 1200. The first kappa shape index (κ1) is 25.0. The zero-order chi connectivity index (χ0) is 24.7. The lowest BCUT2D eigenvalue weighted by molar-refractivity contribution is -0.137. The van der Waals surface area contributed by atoms with Crippen molar-refractivity contribution < 1.29 is 31.8 Å². The molecular formula is C24H19ClF4N2O3. The minimum Gasteiger partial charge on any atom is -0.490 e. The summed E-state index contributed by atoms with van der Waals surface area (Å²) in [6.45, 7) is 1.97. The summed E-state index contributed by atoms with van der Waals surface area (Å²) in [5, 5.41) is 3.94. The molecule has 0 atom stereocenters. The topological polar surface area (TPSA) is 59.9 Å². The highest BCUT2D eigenvalue weighted by Crippen LogP contribution is 2.37. The number of amides is 1. The summed E-state index contributed by atoms with van der Waals surface area (Å²) < 4.78 is 63.6. The first-order valence-electron chi connectivity index (χ1n) is 10.0. The van der Waals surface area contributed by atoms with Gasteiger partial charge in [0, 0.05) is 11.1 Å². The molecule has 3 aromatic carbocycles. The smallest absolute Gasteiger partial charge is 0.416 e. The molecule has 0 saturated heterocycles. The summed E-state index contributed by atoms with van der Waals surface area (Å²) in [6, 6.07) is 13.2. The molecule has 0 heterocycles. The molecule has 0 saturated carbocycles. The van der Waals surface area contributed by atoms with E-state index in [1.165, 1.54) is 24.4 Å². The van der Waals surface area contributed by atoms with Crippen molar-refractivity contribution in [3.05, 3.63) is 93.8 Å². The number of hydrogen-bond acceptors (Lipinski definition) is 4. The number of rotatable bonds is 8. The SMILES string of the molecule is CCOc1cc(/C=N\NC(=O)c2cccc(C(F)(F)F)c2)cc(Cl)c1OCc1ccccc1F. The van der Waals surface area contributed by atoms with E-state index >= 15 is 0 Å². The molecule has 34 heavy (non-hydrogen) atoms. The Morgan fingerprint density at radius 3 is 2.56 bits per heavy atom. The third-order valence-electron chi connectivity index (χ3n) is 4.49. The number of hydrogen-bond donors (Lipinski definition) is 1. The molecule has 0 radical (unpaired) electrons. The van der Waals surface area contributed by atoms with E-state index in [2.05, 4.69) is 10.5 Å². The summed E-state index contributed by atoms with van der Waals surface area (Å²) in [4.78, 5) is 12.2. The monoisotopic (exact) mass is 494 g/mol. The van der Waals surface area contributed by atoms with Gasteiger partial charge in [-0.25, -0.2) is 9.82 Å². The van der Waals surface area contributed by atoms with Gasteiger partial charge in [-0.2, -0.15) is 18.3 Å². The number of nitrogens with zero attached hydrogens (tertiary/aromatic N) is 1. The van der Waals surface area contributed by atoms with E-state index in [0.29, 0.717) is 17.7 Å². The third-order valence-corrected chi connectivity index (χ3v) is 4.77. The van der Waals surface area contributed by atoms with Crippen molar-refractivity contribution in [3.8, 4) is 11.5 Å². The molecule has 0 aliphatic rings. The summed E-state index contributed by atoms with van der Waals surface area (Å²) >= 11 is 6.32. The van der Waals surface area contributed by atoms with Gasteiger partial charge in [0.25, 0.3) is 5.91 Å². The van der Waals surface area contributed by atoms with Crippen LogP contribution in [0.5, 0.6) is 11.5 Å². The fraction of sp³-hybridized carbons (Fsp3) is 0.167. The van der Waals surface area contributed by atoms with Crippen molar-refractivity contribution in [1.29, 1.82) is 0 Å². The first-order valence-corrected chi connectivity index (χ1v) is 10.4. The second kappa shape index (κ2) is 11.0. The average molecular weight is 495 g/mol. The zero-order valence-corrected chi connectivity index (χ0v) is 18.6. The van der Waals surface area contributed by atoms with Gasteiger partial charge >= 0.3 is 6.18 Å². The average Bonchev–Trinajstić information content (AvgIpc) is 2.79. The van der Waals surface area contributed by atoms with E-state index in [1.807, 2.05) is 0 Å². The molecule has 0 fully saturated rings. The van der Waals surface area contributed by atoms with Crippen LogP contribution in [0.2, 0.25) is 5.02 Å². The van der Waals surface area contributed by atoms with Crippen molar-refractivity contribution in [2.24, 2.45) is 5.10 Å². The molecule has 0 spiro atoms. The molecule has 3 rings (SSSR count). The fourth-order valence-electron chi connectivity index (χ4n) is 2.90. The van der Waals surface area contributed by atoms with Crippen LogP contribution in [0.15, 0.2) is 65.8 Å². The number of carbonyl (C=O) groups excluding carboxylic acids is 1. The van der Waals surface area contributed by atoms with Gasteiger partial charge in [-0.3, -0.25) is 4.79 Å². The van der Waals surface area contributed by atoms with Gasteiger partial charge in [-0.05, 0) is 48.9 Å². The van der Waals surface area contributed by atoms with Crippen molar-refractivity contribution >= 4 is 23.7 Å². The number of hydrazone groups is 1. The molecule has 0 aliphatic carbocycles. The Labute approximate surface area is 198 Å². The van der Waals surface area contributed by atoms with Gasteiger partial charge in [0.15, 0.2) is 11.5 Å². The number of nitrogens with one attached hydrogen (secondary N) is 1. The minimum atomic E-state index is -4.57. The summed E-state index contributed by atoms with van der Waals surface area (Å²) in [6.07, 6.45) is -3.32. The second-order valence-electron chi connectivity index (χ2n) is 6.92. The lowest BCUT2D eigenvalue weighted by Crippen LogP contribution is -2.18. The highest BCUT2D eigenvalue weighted by Gasteiger charge is 2.30. The molecule has 10 heteroatoms. The predicted molar refractivity (Wildman–Crippen MR) is 120 cm³/mol. The van der Waals surface area contributed by atoms with E-state index in [4.69, 9.17) is 21.1 Å². The van der Waals surface area contributed by atoms with Crippen LogP contribution in [0.3, 0.4) is 0 Å². The molecule has 1 N–H and O–H groups in total. The summed E-state index contributed by atoms with van der Waals surface area (Å²) in [5.74, 6) is -0.755. The third kappa shape index (κ3) is 6.48. The molecule has 1 amide bonds. The Morgan fingerprint density at radius 2 is 1.85 bits per heavy atom. The van der Waals surface area contributed by atoms with Crippen molar-refractivity contribution in [2.45, 2.75) is 19.7 Å². The maximum Gasteiger partial charge on any atom is 0.416 e. The molecule has 3 aromatic rings. The van der Waals surface area contributed by atoms with Gasteiger partial charge in [0.1, 0.15) is 12.4 Å². The first-order chi connectivity index (χ1) is 16.2. The van der Waals surface area contributed by atoms with Crippen molar-refractivity contribution in [1.82, 2.24) is 5.43 Å². The standard InChI is InChI=1S/C24H19ClF4N2O3/c1-2-33-21-11-15(10-19(25)22(21)34-14-17-6-3-4-9-20(17)26)13-30-31-23(32)16-7-5-8-18(12-16)24(27,28)29/h3-13H,2,14H2,1H3,(H,31,32)/b30-13-. The van der Waals surface area contributed by atoms with Crippen molar-refractivity contribution in [3.63, 3.8) is 0 Å². The molecule has 0 aliphatic heterocycles. The maximum atomic E-state index is 13.9. The van der Waals surface area contributed by atoms with Gasteiger partial charge in [0.2, 0.25) is 0 Å². The van der Waals surface area contributed by atoms with E-state index in [9.17, 15) is 22.4 Å². The van der Waals surface area contributed by atoms with Crippen LogP contribution in [0.4, 0.5) is 17.6 Å². The fourth-order valence-corrected chi connectivity index (χ4v) is 3.17. The van der Waals surface area contributed by atoms with E-state index in [0.717, 1.165) is 18.2 Å². The van der Waals surface area contributed by atoms with Gasteiger partial charge in [0.05, 0.1) is 23.4 Å². The van der Waals surface area contributed by atoms with Crippen LogP contribution in [-0.4, -0.2) is 18.7 Å². The highest BCUT2D eigenvalue weighted by molar-refractivity contribution is 6.32. The zero-order valence-electron chi connectivity index (χ0n) is 17.8. The minimum absolute atomic E-state index is 0.0764. The summed E-state index contributed by atoms with van der Waals surface area (Å²) in [7, 11) is 0. The normalized spacial score (nSPS) is 11.5. The number of carbonyl (C=O) groups is 1. The predicted octanol–water partition coefficient (Wildman–Crippen LogP) is 6.24. The molecular weight excluding hydrogens is 476 g/mol. The van der Waals surface area contributed by atoms with E-state index in [1.54, 1.807) is 31.2 Å². The highest BCUT2D eigenvalue weighted by atomic mass is 35.5. The Morgan fingerprint density at radius 1 is 1.09 bits per heavy atom. The second-order valence-corrected chi connectivity index (χ2v) is 7.33. The van der Waals surface area contributed by atoms with Crippen LogP contribution in [-0.2, 0) is 12.8 Å². The van der Waals surface area contributed by atoms with Crippen LogP contribution < -0.4 is 14.9 Å². The van der Waals surface area contributed by atoms with Crippen molar-refractivity contribution in [2.75, 3.05) is 6.61 Å². The van der Waals surface area contributed by atoms with Gasteiger partial charge in [-0.15, -0.1) is 0 Å². The lowest BCUT2D eigenvalue weighted by atomic mass is 10.1. The quantitative estimate of drug-likeness (QED) is 0.229.